The molecule has 19 heavy (non-hydrogen) atoms. The van der Waals surface area contributed by atoms with Gasteiger partial charge >= 0.3 is 0 Å². The zero-order valence-electron chi connectivity index (χ0n) is 11.1. The molecule has 8 heteroatoms. The van der Waals surface area contributed by atoms with E-state index in [4.69, 9.17) is 5.14 Å². The molecule has 1 aliphatic rings. The zero-order valence-corrected chi connectivity index (χ0v) is 12.0. The topological polar surface area (TPSA) is 118 Å². The molecule has 1 atom stereocenters. The first-order chi connectivity index (χ1) is 8.63. The third-order valence-electron chi connectivity index (χ3n) is 3.62. The van der Waals surface area contributed by atoms with Crippen molar-refractivity contribution in [2.24, 2.45) is 16.5 Å². The number of aryl methyl sites for hydroxylation is 1. The van der Waals surface area contributed by atoms with E-state index >= 15 is 0 Å². The highest BCUT2D eigenvalue weighted by Gasteiger charge is 2.45. The van der Waals surface area contributed by atoms with Crippen molar-refractivity contribution < 1.29 is 13.2 Å². The third-order valence-corrected chi connectivity index (χ3v) is 4.69. The highest BCUT2D eigenvalue weighted by atomic mass is 32.2. The van der Waals surface area contributed by atoms with Crippen LogP contribution in [-0.2, 0) is 10.0 Å². The average molecular weight is 286 g/mol. The van der Waals surface area contributed by atoms with Gasteiger partial charge in [0.2, 0.25) is 10.0 Å². The van der Waals surface area contributed by atoms with Gasteiger partial charge in [0.1, 0.15) is 4.90 Å². The molecule has 1 amide bonds. The van der Waals surface area contributed by atoms with E-state index in [0.29, 0.717) is 12.5 Å². The SMILES string of the molecule is Cc1[nH]nc(C(=O)NCC2CC2(C)C)c1S(N)(=O)=O. The summed E-state index contributed by atoms with van der Waals surface area (Å²) < 4.78 is 22.9. The molecule has 1 aromatic rings. The Balaban J connectivity index is 2.12. The van der Waals surface area contributed by atoms with Crippen LogP contribution in [0.5, 0.6) is 0 Å². The van der Waals surface area contributed by atoms with Crippen LogP contribution in [0, 0.1) is 18.3 Å². The van der Waals surface area contributed by atoms with Gasteiger partial charge in [-0.3, -0.25) is 9.89 Å². The van der Waals surface area contributed by atoms with Gasteiger partial charge < -0.3 is 5.32 Å². The molecule has 0 radical (unpaired) electrons. The monoisotopic (exact) mass is 286 g/mol. The van der Waals surface area contributed by atoms with Crippen molar-refractivity contribution in [2.45, 2.75) is 32.1 Å². The number of rotatable bonds is 4. The highest BCUT2D eigenvalue weighted by Crippen LogP contribution is 2.50. The Morgan fingerprint density at radius 2 is 2.16 bits per heavy atom. The van der Waals surface area contributed by atoms with E-state index in [2.05, 4.69) is 29.4 Å². The summed E-state index contributed by atoms with van der Waals surface area (Å²) in [6.07, 6.45) is 1.05. The number of hydrogen-bond acceptors (Lipinski definition) is 4. The van der Waals surface area contributed by atoms with Crippen molar-refractivity contribution in [3.05, 3.63) is 11.4 Å². The van der Waals surface area contributed by atoms with E-state index in [1.165, 1.54) is 6.92 Å². The van der Waals surface area contributed by atoms with Crippen LogP contribution in [0.2, 0.25) is 0 Å². The number of nitrogens with two attached hydrogens (primary N) is 1. The van der Waals surface area contributed by atoms with Crippen LogP contribution in [-0.4, -0.2) is 31.1 Å². The number of aromatic amines is 1. The number of aromatic nitrogens is 2. The minimum Gasteiger partial charge on any atom is -0.350 e. The number of nitrogens with one attached hydrogen (secondary N) is 2. The first kappa shape index (κ1) is 14.0. The highest BCUT2D eigenvalue weighted by molar-refractivity contribution is 7.89. The van der Waals surface area contributed by atoms with E-state index in [0.717, 1.165) is 6.42 Å². The van der Waals surface area contributed by atoms with E-state index in [-0.39, 0.29) is 21.7 Å². The first-order valence-corrected chi connectivity index (χ1v) is 7.53. The minimum absolute atomic E-state index is 0.168. The van der Waals surface area contributed by atoms with E-state index in [9.17, 15) is 13.2 Å². The molecule has 106 valence electrons. The van der Waals surface area contributed by atoms with Gasteiger partial charge in [0.05, 0.1) is 5.69 Å². The predicted octanol–water partition coefficient (Wildman–Crippen LogP) is 0.141. The fraction of sp³-hybridized carbons (Fsp3) is 0.636. The number of hydrogen-bond donors (Lipinski definition) is 3. The van der Waals surface area contributed by atoms with Gasteiger partial charge in [-0.25, -0.2) is 13.6 Å². The molecule has 7 nitrogen and oxygen atoms in total. The van der Waals surface area contributed by atoms with E-state index in [1.54, 1.807) is 0 Å². The number of carbonyl (C=O) groups excluding carboxylic acids is 1. The Hall–Kier alpha value is -1.41. The average Bonchev–Trinajstić information content (AvgIpc) is 2.69. The van der Waals surface area contributed by atoms with Gasteiger partial charge in [-0.15, -0.1) is 0 Å². The lowest BCUT2D eigenvalue weighted by Crippen LogP contribution is -2.29. The number of sulfonamides is 1. The van der Waals surface area contributed by atoms with Crippen molar-refractivity contribution in [1.29, 1.82) is 0 Å². The molecule has 0 spiro atoms. The fourth-order valence-electron chi connectivity index (χ4n) is 2.15. The number of carbonyl (C=O) groups is 1. The predicted molar refractivity (Wildman–Crippen MR) is 68.9 cm³/mol. The second-order valence-corrected chi connectivity index (χ2v) is 7.17. The van der Waals surface area contributed by atoms with Gasteiger partial charge in [0, 0.05) is 6.54 Å². The lowest BCUT2D eigenvalue weighted by atomic mass is 10.1. The molecule has 1 aromatic heterocycles. The van der Waals surface area contributed by atoms with Crippen LogP contribution in [0.1, 0.15) is 36.5 Å². The van der Waals surface area contributed by atoms with Gasteiger partial charge in [-0.2, -0.15) is 5.10 Å². The van der Waals surface area contributed by atoms with Crippen LogP contribution in [0.25, 0.3) is 0 Å². The van der Waals surface area contributed by atoms with Crippen LogP contribution in [0.4, 0.5) is 0 Å². The summed E-state index contributed by atoms with van der Waals surface area (Å²) in [4.78, 5) is 11.7. The van der Waals surface area contributed by atoms with Crippen LogP contribution >= 0.6 is 0 Å². The van der Waals surface area contributed by atoms with Crippen molar-refractivity contribution in [2.75, 3.05) is 6.54 Å². The van der Waals surface area contributed by atoms with Gasteiger partial charge in [0.15, 0.2) is 5.69 Å². The van der Waals surface area contributed by atoms with Gasteiger partial charge in [-0.1, -0.05) is 13.8 Å². The molecule has 1 unspecified atom stereocenters. The number of amides is 1. The summed E-state index contributed by atoms with van der Waals surface area (Å²) in [6.45, 7) is 6.27. The van der Waals surface area contributed by atoms with Crippen molar-refractivity contribution in [3.8, 4) is 0 Å². The van der Waals surface area contributed by atoms with Crippen molar-refractivity contribution in [3.63, 3.8) is 0 Å². The molecule has 0 saturated heterocycles. The maximum atomic E-state index is 12.0. The Morgan fingerprint density at radius 1 is 1.58 bits per heavy atom. The second-order valence-electron chi connectivity index (χ2n) is 5.67. The van der Waals surface area contributed by atoms with E-state index in [1.807, 2.05) is 0 Å². The van der Waals surface area contributed by atoms with Crippen molar-refractivity contribution >= 4 is 15.9 Å². The summed E-state index contributed by atoms with van der Waals surface area (Å²) in [7, 11) is -3.97. The Morgan fingerprint density at radius 3 is 2.63 bits per heavy atom. The van der Waals surface area contributed by atoms with Gasteiger partial charge in [-0.05, 0) is 24.7 Å². The minimum atomic E-state index is -3.97. The second kappa shape index (κ2) is 4.31. The first-order valence-electron chi connectivity index (χ1n) is 5.99. The molecular weight excluding hydrogens is 268 g/mol. The number of H-pyrrole nitrogens is 1. The molecule has 1 fully saturated rings. The normalized spacial score (nSPS) is 21.2. The molecule has 4 N–H and O–H groups in total. The Bertz CT molecular complexity index is 618. The van der Waals surface area contributed by atoms with Crippen LogP contribution in [0.15, 0.2) is 4.90 Å². The Kier molecular flexibility index (Phi) is 3.18. The molecule has 1 heterocycles. The fourth-order valence-corrected chi connectivity index (χ4v) is 3.03. The van der Waals surface area contributed by atoms with E-state index < -0.39 is 15.9 Å². The lowest BCUT2D eigenvalue weighted by molar-refractivity contribution is 0.0942. The molecule has 1 aliphatic carbocycles. The third kappa shape index (κ3) is 2.79. The standard InChI is InChI=1S/C11H18N4O3S/c1-6-9(19(12,17)18)8(15-14-6)10(16)13-5-7-4-11(7,2)3/h7H,4-5H2,1-3H3,(H,13,16)(H,14,15)(H2,12,17,18). The molecule has 1 saturated carbocycles. The number of primary sulfonamides is 1. The van der Waals surface area contributed by atoms with Crippen molar-refractivity contribution in [1.82, 2.24) is 15.5 Å². The molecular formula is C11H18N4O3S. The zero-order chi connectivity index (χ0) is 14.4. The molecule has 0 aliphatic heterocycles. The summed E-state index contributed by atoms with van der Waals surface area (Å²) in [6, 6.07) is 0. The van der Waals surface area contributed by atoms with Crippen LogP contribution in [0.3, 0.4) is 0 Å². The van der Waals surface area contributed by atoms with Gasteiger partial charge in [0.25, 0.3) is 5.91 Å². The lowest BCUT2D eigenvalue weighted by Gasteiger charge is -2.06. The summed E-state index contributed by atoms with van der Waals surface area (Å²) in [5.41, 5.74) is 0.343. The summed E-state index contributed by atoms with van der Waals surface area (Å²) >= 11 is 0. The molecule has 0 bridgehead atoms. The summed E-state index contributed by atoms with van der Waals surface area (Å²) in [5.74, 6) is -0.0921. The largest absolute Gasteiger partial charge is 0.350 e. The molecule has 0 aromatic carbocycles. The molecule has 2 rings (SSSR count). The maximum absolute atomic E-state index is 12.0. The Labute approximate surface area is 112 Å². The smallest absolute Gasteiger partial charge is 0.273 e. The maximum Gasteiger partial charge on any atom is 0.273 e. The van der Waals surface area contributed by atoms with Crippen LogP contribution < -0.4 is 10.5 Å². The number of nitrogens with zero attached hydrogens (tertiary/aromatic N) is 1. The quantitative estimate of drug-likeness (QED) is 0.729. The summed E-state index contributed by atoms with van der Waals surface area (Å²) in [5, 5.41) is 14.0.